The lowest BCUT2D eigenvalue weighted by Gasteiger charge is -2.30. The van der Waals surface area contributed by atoms with Gasteiger partial charge in [-0.2, -0.15) is 0 Å². The summed E-state index contributed by atoms with van der Waals surface area (Å²) in [5.74, 6) is 2.28. The summed E-state index contributed by atoms with van der Waals surface area (Å²) in [6.45, 7) is 0. The molecule has 0 aromatic heterocycles. The van der Waals surface area contributed by atoms with E-state index in [1.807, 2.05) is 23.5 Å². The van der Waals surface area contributed by atoms with Gasteiger partial charge in [0.25, 0.3) is 0 Å². The van der Waals surface area contributed by atoms with Crippen LogP contribution in [0.2, 0.25) is 0 Å². The van der Waals surface area contributed by atoms with E-state index in [-0.39, 0.29) is 17.3 Å². The minimum atomic E-state index is 0.0418. The smallest absolute Gasteiger partial charge is 0.225 e. The Kier molecular flexibility index (Phi) is 3.89. The lowest BCUT2D eigenvalue weighted by Crippen LogP contribution is -2.48. The Balaban J connectivity index is 1.27. The van der Waals surface area contributed by atoms with Crippen LogP contribution in [0.15, 0.2) is 0 Å². The van der Waals surface area contributed by atoms with Gasteiger partial charge in [-0.25, -0.2) is 10.9 Å². The molecular weight excluding hydrogens is 292 g/mol. The Morgan fingerprint density at radius 2 is 2.05 bits per heavy atom. The molecule has 0 spiro atoms. The standard InChI is InChI=1S/C13H22N4OS2/c18-11(8-3-4-9-10(5-8)19-6-14-9)15-13-17-16-12(20-13)7-1-2-7/h7-10,12-14,16-17H,1-6H2,(H,15,18). The molecule has 2 saturated heterocycles. The van der Waals surface area contributed by atoms with Gasteiger partial charge in [0.2, 0.25) is 5.91 Å². The number of hydrazine groups is 1. The van der Waals surface area contributed by atoms with E-state index in [0.717, 1.165) is 31.1 Å². The van der Waals surface area contributed by atoms with Crippen LogP contribution in [0.3, 0.4) is 0 Å². The fourth-order valence-electron chi connectivity index (χ4n) is 3.36. The van der Waals surface area contributed by atoms with Gasteiger partial charge < -0.3 is 10.6 Å². The van der Waals surface area contributed by atoms with Gasteiger partial charge in [-0.05, 0) is 38.0 Å². The largest absolute Gasteiger partial charge is 0.331 e. The van der Waals surface area contributed by atoms with Gasteiger partial charge in [-0.3, -0.25) is 4.79 Å². The molecule has 2 saturated carbocycles. The Bertz CT molecular complexity index is 393. The van der Waals surface area contributed by atoms with Crippen LogP contribution in [0.1, 0.15) is 32.1 Å². The molecule has 5 atom stereocenters. The molecule has 2 heterocycles. The van der Waals surface area contributed by atoms with E-state index in [0.29, 0.717) is 16.7 Å². The second-order valence-electron chi connectivity index (χ2n) is 6.24. The number of nitrogens with one attached hydrogen (secondary N) is 4. The molecule has 2 aliphatic heterocycles. The summed E-state index contributed by atoms with van der Waals surface area (Å²) in [6, 6.07) is 0.643. The number of hydrogen-bond acceptors (Lipinski definition) is 6. The molecule has 0 aromatic carbocycles. The van der Waals surface area contributed by atoms with E-state index in [4.69, 9.17) is 0 Å². The molecule has 5 nitrogen and oxygen atoms in total. The number of carbonyl (C=O) groups is 1. The average Bonchev–Trinajstić information content (AvgIpc) is 3.02. The third-order valence-corrected chi connectivity index (χ3v) is 7.35. The number of thioether (sulfide) groups is 2. The monoisotopic (exact) mass is 314 g/mol. The number of rotatable bonds is 3. The minimum Gasteiger partial charge on any atom is -0.331 e. The van der Waals surface area contributed by atoms with Crippen molar-refractivity contribution in [3.8, 4) is 0 Å². The van der Waals surface area contributed by atoms with E-state index >= 15 is 0 Å². The van der Waals surface area contributed by atoms with Crippen LogP contribution in [0.25, 0.3) is 0 Å². The molecule has 4 aliphatic rings. The summed E-state index contributed by atoms with van der Waals surface area (Å²) in [4.78, 5) is 12.4. The van der Waals surface area contributed by atoms with Crippen LogP contribution in [0.4, 0.5) is 0 Å². The van der Waals surface area contributed by atoms with Crippen LogP contribution >= 0.6 is 23.5 Å². The zero-order chi connectivity index (χ0) is 13.5. The lowest BCUT2D eigenvalue weighted by molar-refractivity contribution is -0.126. The van der Waals surface area contributed by atoms with Crippen molar-refractivity contribution in [3.05, 3.63) is 0 Å². The molecule has 4 N–H and O–H groups in total. The maximum absolute atomic E-state index is 12.4. The van der Waals surface area contributed by atoms with Crippen LogP contribution in [-0.2, 0) is 4.79 Å². The van der Waals surface area contributed by atoms with Crippen molar-refractivity contribution >= 4 is 29.4 Å². The maximum Gasteiger partial charge on any atom is 0.225 e. The molecule has 20 heavy (non-hydrogen) atoms. The topological polar surface area (TPSA) is 65.2 Å². The normalized spacial score (nSPS) is 44.3. The third-order valence-electron chi connectivity index (χ3n) is 4.77. The predicted molar refractivity (Wildman–Crippen MR) is 82.8 cm³/mol. The SMILES string of the molecule is O=C(NC1NNC(C2CC2)S1)C1CCC2NCSC2C1. The van der Waals surface area contributed by atoms with Crippen molar-refractivity contribution in [2.75, 3.05) is 5.88 Å². The fraction of sp³-hybridized carbons (Fsp3) is 0.923. The van der Waals surface area contributed by atoms with Crippen molar-refractivity contribution in [1.82, 2.24) is 21.5 Å². The quantitative estimate of drug-likeness (QED) is 0.618. The van der Waals surface area contributed by atoms with E-state index in [1.165, 1.54) is 12.8 Å². The molecule has 4 fully saturated rings. The Hall–Kier alpha value is 0.0500. The summed E-state index contributed by atoms with van der Waals surface area (Å²) in [7, 11) is 0. The van der Waals surface area contributed by atoms with Crippen molar-refractivity contribution < 1.29 is 4.79 Å². The van der Waals surface area contributed by atoms with Gasteiger partial charge in [-0.1, -0.05) is 11.8 Å². The second-order valence-corrected chi connectivity index (χ2v) is 8.72. The zero-order valence-electron chi connectivity index (χ0n) is 11.4. The van der Waals surface area contributed by atoms with Gasteiger partial charge in [0, 0.05) is 23.1 Å². The first-order valence-electron chi connectivity index (χ1n) is 7.61. The number of carbonyl (C=O) groups excluding carboxylic acids is 1. The van der Waals surface area contributed by atoms with Crippen molar-refractivity contribution in [1.29, 1.82) is 0 Å². The number of amides is 1. The van der Waals surface area contributed by atoms with Crippen LogP contribution in [-0.4, -0.2) is 33.9 Å². The van der Waals surface area contributed by atoms with Gasteiger partial charge in [0.15, 0.2) is 0 Å². The molecule has 0 bridgehead atoms. The van der Waals surface area contributed by atoms with E-state index in [2.05, 4.69) is 21.5 Å². The second kappa shape index (κ2) is 5.68. The van der Waals surface area contributed by atoms with E-state index in [1.54, 1.807) is 0 Å². The van der Waals surface area contributed by atoms with Crippen LogP contribution in [0, 0.1) is 11.8 Å². The maximum atomic E-state index is 12.4. The highest BCUT2D eigenvalue weighted by Crippen LogP contribution is 2.40. The van der Waals surface area contributed by atoms with E-state index < -0.39 is 0 Å². The first kappa shape index (κ1) is 13.7. The molecule has 2 aliphatic carbocycles. The molecule has 0 radical (unpaired) electrons. The van der Waals surface area contributed by atoms with Gasteiger partial charge in [0.05, 0.1) is 5.37 Å². The van der Waals surface area contributed by atoms with E-state index in [9.17, 15) is 4.79 Å². The molecule has 112 valence electrons. The summed E-state index contributed by atoms with van der Waals surface area (Å²) in [6.07, 6.45) is 5.85. The summed E-state index contributed by atoms with van der Waals surface area (Å²) >= 11 is 3.80. The summed E-state index contributed by atoms with van der Waals surface area (Å²) in [5, 5.41) is 7.80. The first-order valence-corrected chi connectivity index (χ1v) is 9.60. The highest BCUT2D eigenvalue weighted by atomic mass is 32.2. The highest BCUT2D eigenvalue weighted by molar-refractivity contribution is 8.00. The lowest BCUT2D eigenvalue weighted by atomic mass is 9.85. The molecule has 7 heteroatoms. The number of hydrogen-bond donors (Lipinski definition) is 4. The molecule has 4 rings (SSSR count). The van der Waals surface area contributed by atoms with Gasteiger partial charge in [-0.15, -0.1) is 11.8 Å². The highest BCUT2D eigenvalue weighted by Gasteiger charge is 2.40. The first-order chi connectivity index (χ1) is 9.79. The predicted octanol–water partition coefficient (Wildman–Crippen LogP) is 0.794. The van der Waals surface area contributed by atoms with Crippen molar-refractivity contribution in [2.45, 2.75) is 54.3 Å². The molecule has 0 aromatic rings. The molecule has 1 amide bonds. The third kappa shape index (κ3) is 2.83. The zero-order valence-corrected chi connectivity index (χ0v) is 13.1. The van der Waals surface area contributed by atoms with Crippen molar-refractivity contribution in [3.63, 3.8) is 0 Å². The number of fused-ring (bicyclic) bond motifs is 1. The Labute approximate surface area is 128 Å². The Morgan fingerprint density at radius 1 is 1.15 bits per heavy atom. The Morgan fingerprint density at radius 3 is 2.90 bits per heavy atom. The fourth-order valence-corrected chi connectivity index (χ4v) is 5.97. The summed E-state index contributed by atoms with van der Waals surface area (Å²) in [5.41, 5.74) is 6.55. The van der Waals surface area contributed by atoms with Crippen molar-refractivity contribution in [2.24, 2.45) is 11.8 Å². The van der Waals surface area contributed by atoms with Gasteiger partial charge >= 0.3 is 0 Å². The summed E-state index contributed by atoms with van der Waals surface area (Å²) < 4.78 is 0. The molecular formula is C13H22N4OS2. The molecule has 5 unspecified atom stereocenters. The van der Waals surface area contributed by atoms with Crippen LogP contribution in [0.5, 0.6) is 0 Å². The van der Waals surface area contributed by atoms with Crippen LogP contribution < -0.4 is 21.5 Å². The van der Waals surface area contributed by atoms with Gasteiger partial charge in [0.1, 0.15) is 5.50 Å². The average molecular weight is 314 g/mol. The minimum absolute atomic E-state index is 0.0418.